The Labute approximate surface area is 118 Å². The van der Waals surface area contributed by atoms with Crippen LogP contribution in [0.3, 0.4) is 0 Å². The first-order valence-electron chi connectivity index (χ1n) is 6.42. The van der Waals surface area contributed by atoms with E-state index in [1.165, 1.54) is 19.2 Å². The average molecular weight is 280 g/mol. The number of hydrogen-bond acceptors (Lipinski definition) is 4. The highest BCUT2D eigenvalue weighted by atomic mass is 19.1. The highest BCUT2D eigenvalue weighted by molar-refractivity contribution is 6.61. The molecule has 0 radical (unpaired) electrons. The molecule has 0 aromatic carbocycles. The fourth-order valence-electron chi connectivity index (χ4n) is 1.83. The highest BCUT2D eigenvalue weighted by Crippen LogP contribution is 2.36. The number of amides is 1. The standard InChI is InChI=1S/C13H18BFN2O3/c1-12(2)13(3,4)20-14(19-12)10-8(15)6-7-9(17-10)11(18)16-5/h6-7H,1-5H3,(H,16,18). The highest BCUT2D eigenvalue weighted by Gasteiger charge is 2.53. The molecule has 20 heavy (non-hydrogen) atoms. The average Bonchev–Trinajstić information content (AvgIpc) is 2.58. The van der Waals surface area contributed by atoms with Gasteiger partial charge in [-0.3, -0.25) is 4.79 Å². The molecule has 2 rings (SSSR count). The number of hydrogen-bond donors (Lipinski definition) is 1. The van der Waals surface area contributed by atoms with Crippen LogP contribution in [-0.4, -0.2) is 36.3 Å². The molecular formula is C13H18BFN2O3. The van der Waals surface area contributed by atoms with Crippen LogP contribution >= 0.6 is 0 Å². The van der Waals surface area contributed by atoms with E-state index in [9.17, 15) is 9.18 Å². The number of carbonyl (C=O) groups excluding carboxylic acids is 1. The maximum Gasteiger partial charge on any atom is 0.517 e. The summed E-state index contributed by atoms with van der Waals surface area (Å²) in [4.78, 5) is 15.6. The van der Waals surface area contributed by atoms with Gasteiger partial charge in [0.1, 0.15) is 17.1 Å². The minimum Gasteiger partial charge on any atom is -0.398 e. The van der Waals surface area contributed by atoms with Gasteiger partial charge in [-0.05, 0) is 39.8 Å². The summed E-state index contributed by atoms with van der Waals surface area (Å²) in [5, 5.41) is 2.45. The lowest BCUT2D eigenvalue weighted by atomic mass is 9.83. The van der Waals surface area contributed by atoms with E-state index >= 15 is 0 Å². The summed E-state index contributed by atoms with van der Waals surface area (Å²) in [6.45, 7) is 7.47. The zero-order valence-electron chi connectivity index (χ0n) is 12.3. The molecule has 1 aliphatic rings. The summed E-state index contributed by atoms with van der Waals surface area (Å²) in [6, 6.07) is 2.51. The van der Waals surface area contributed by atoms with Gasteiger partial charge >= 0.3 is 7.12 Å². The van der Waals surface area contributed by atoms with Crippen LogP contribution in [0.25, 0.3) is 0 Å². The number of nitrogens with one attached hydrogen (secondary N) is 1. The molecule has 0 spiro atoms. The van der Waals surface area contributed by atoms with Crippen LogP contribution in [0.15, 0.2) is 12.1 Å². The molecular weight excluding hydrogens is 262 g/mol. The van der Waals surface area contributed by atoms with Crippen LogP contribution in [0.4, 0.5) is 4.39 Å². The van der Waals surface area contributed by atoms with Crippen molar-refractivity contribution in [3.8, 4) is 0 Å². The number of carbonyl (C=O) groups is 1. The lowest BCUT2D eigenvalue weighted by molar-refractivity contribution is 0.00578. The van der Waals surface area contributed by atoms with Gasteiger partial charge in [-0.1, -0.05) is 0 Å². The molecule has 1 aromatic heterocycles. The van der Waals surface area contributed by atoms with Crippen molar-refractivity contribution >= 4 is 18.6 Å². The molecule has 0 saturated carbocycles. The summed E-state index contributed by atoms with van der Waals surface area (Å²) in [7, 11) is 0.562. The van der Waals surface area contributed by atoms with Gasteiger partial charge in [0.2, 0.25) is 0 Å². The quantitative estimate of drug-likeness (QED) is 0.817. The molecule has 0 aliphatic carbocycles. The van der Waals surface area contributed by atoms with E-state index in [1.54, 1.807) is 0 Å². The van der Waals surface area contributed by atoms with Gasteiger partial charge in [0.15, 0.2) is 0 Å². The third-order valence-electron chi connectivity index (χ3n) is 3.81. The summed E-state index contributed by atoms with van der Waals surface area (Å²) < 4.78 is 25.4. The molecule has 1 fully saturated rings. The third-order valence-corrected chi connectivity index (χ3v) is 3.81. The van der Waals surface area contributed by atoms with Crippen LogP contribution in [0.2, 0.25) is 0 Å². The number of halogens is 1. The molecule has 0 unspecified atom stereocenters. The fourth-order valence-corrected chi connectivity index (χ4v) is 1.83. The number of rotatable bonds is 2. The van der Waals surface area contributed by atoms with E-state index in [4.69, 9.17) is 9.31 Å². The summed E-state index contributed by atoms with van der Waals surface area (Å²) in [5.41, 5.74) is -1.06. The van der Waals surface area contributed by atoms with Crippen molar-refractivity contribution in [2.45, 2.75) is 38.9 Å². The summed E-state index contributed by atoms with van der Waals surface area (Å²) in [5.74, 6) is -0.945. The number of aromatic nitrogens is 1. The van der Waals surface area contributed by atoms with Crippen molar-refractivity contribution in [1.82, 2.24) is 10.3 Å². The van der Waals surface area contributed by atoms with Gasteiger partial charge < -0.3 is 14.6 Å². The number of pyridine rings is 1. The number of nitrogens with zero attached hydrogens (tertiary/aromatic N) is 1. The van der Waals surface area contributed by atoms with Crippen molar-refractivity contribution < 1.29 is 18.5 Å². The molecule has 5 nitrogen and oxygen atoms in total. The van der Waals surface area contributed by atoms with E-state index in [2.05, 4.69) is 10.3 Å². The Hall–Kier alpha value is -1.47. The Bertz CT molecular complexity index is 532. The summed E-state index contributed by atoms with van der Waals surface area (Å²) in [6.07, 6.45) is 0. The van der Waals surface area contributed by atoms with E-state index < -0.39 is 24.1 Å². The summed E-state index contributed by atoms with van der Waals surface area (Å²) >= 11 is 0. The van der Waals surface area contributed by atoms with Crippen molar-refractivity contribution in [2.24, 2.45) is 0 Å². The van der Waals surface area contributed by atoms with Crippen LogP contribution in [-0.2, 0) is 9.31 Å². The van der Waals surface area contributed by atoms with Crippen molar-refractivity contribution in [3.63, 3.8) is 0 Å². The van der Waals surface area contributed by atoms with E-state index in [-0.39, 0.29) is 17.2 Å². The molecule has 1 amide bonds. The van der Waals surface area contributed by atoms with Gasteiger partial charge in [-0.15, -0.1) is 0 Å². The molecule has 1 N–H and O–H groups in total. The second kappa shape index (κ2) is 4.82. The molecule has 0 bridgehead atoms. The maximum absolute atomic E-state index is 13.9. The molecule has 7 heteroatoms. The zero-order valence-corrected chi connectivity index (χ0v) is 12.3. The predicted molar refractivity (Wildman–Crippen MR) is 73.3 cm³/mol. The first-order chi connectivity index (χ1) is 9.18. The first-order valence-corrected chi connectivity index (χ1v) is 6.42. The van der Waals surface area contributed by atoms with E-state index in [1.807, 2.05) is 27.7 Å². The van der Waals surface area contributed by atoms with E-state index in [0.717, 1.165) is 0 Å². The van der Waals surface area contributed by atoms with Crippen LogP contribution in [0.1, 0.15) is 38.2 Å². The normalized spacial score (nSPS) is 20.0. The topological polar surface area (TPSA) is 60.5 Å². The van der Waals surface area contributed by atoms with Crippen molar-refractivity contribution in [2.75, 3.05) is 7.05 Å². The molecule has 0 atom stereocenters. The molecule has 1 aromatic rings. The van der Waals surface area contributed by atoms with Crippen LogP contribution in [0.5, 0.6) is 0 Å². The van der Waals surface area contributed by atoms with Crippen LogP contribution < -0.4 is 10.9 Å². The second-order valence-corrected chi connectivity index (χ2v) is 5.73. The monoisotopic (exact) mass is 280 g/mol. The second-order valence-electron chi connectivity index (χ2n) is 5.73. The zero-order chi connectivity index (χ0) is 15.1. The van der Waals surface area contributed by atoms with Gasteiger partial charge in [-0.25, -0.2) is 9.37 Å². The van der Waals surface area contributed by atoms with Crippen molar-refractivity contribution in [3.05, 3.63) is 23.6 Å². The van der Waals surface area contributed by atoms with Gasteiger partial charge in [0.25, 0.3) is 5.91 Å². The molecule has 2 heterocycles. The fraction of sp³-hybridized carbons (Fsp3) is 0.538. The van der Waals surface area contributed by atoms with Gasteiger partial charge in [0.05, 0.1) is 11.2 Å². The third kappa shape index (κ3) is 2.43. The Morgan fingerprint density at radius 2 is 1.80 bits per heavy atom. The Morgan fingerprint density at radius 1 is 1.25 bits per heavy atom. The predicted octanol–water partition coefficient (Wildman–Crippen LogP) is 0.879. The lowest BCUT2D eigenvalue weighted by Crippen LogP contribution is -2.41. The Kier molecular flexibility index (Phi) is 3.60. The first kappa shape index (κ1) is 14.9. The SMILES string of the molecule is CNC(=O)c1ccc(F)c(B2OC(C)(C)C(C)(C)O2)n1. The molecule has 1 aliphatic heterocycles. The minimum absolute atomic E-state index is 0.00949. The largest absolute Gasteiger partial charge is 0.517 e. The Balaban J connectivity index is 2.37. The van der Waals surface area contributed by atoms with Crippen LogP contribution in [0, 0.1) is 5.82 Å². The van der Waals surface area contributed by atoms with Crippen molar-refractivity contribution in [1.29, 1.82) is 0 Å². The lowest BCUT2D eigenvalue weighted by Gasteiger charge is -2.32. The van der Waals surface area contributed by atoms with E-state index in [0.29, 0.717) is 0 Å². The molecule has 1 saturated heterocycles. The minimum atomic E-state index is -0.926. The molecule has 108 valence electrons. The van der Waals surface area contributed by atoms with Gasteiger partial charge in [-0.2, -0.15) is 0 Å². The Morgan fingerprint density at radius 3 is 2.30 bits per heavy atom. The smallest absolute Gasteiger partial charge is 0.398 e. The maximum atomic E-state index is 13.9. The van der Waals surface area contributed by atoms with Gasteiger partial charge in [0, 0.05) is 7.05 Å².